The Hall–Kier alpha value is -2.18. The van der Waals surface area contributed by atoms with E-state index in [1.54, 1.807) is 44.6 Å². The quantitative estimate of drug-likeness (QED) is 0.782. The Kier molecular flexibility index (Phi) is 5.20. The minimum absolute atomic E-state index is 0.284. The molecule has 1 heterocycles. The Morgan fingerprint density at radius 2 is 1.84 bits per heavy atom. The fourth-order valence-electron chi connectivity index (χ4n) is 2.75. The van der Waals surface area contributed by atoms with Crippen molar-refractivity contribution in [3.05, 3.63) is 53.1 Å². The molecule has 2 aromatic rings. The molecule has 3 rings (SSSR count). The lowest BCUT2D eigenvalue weighted by Crippen LogP contribution is -2.32. The molecule has 7 heteroatoms. The van der Waals surface area contributed by atoms with E-state index in [2.05, 4.69) is 0 Å². The standard InChI is InChI=1S/C18H16ClNO4S/c1-23-14-9-5-6-11(16(14)24-2)10-15-17(21)20(18(22)25-15)13-8-4-3-7-12(13)19/h3-9,15H,10H2,1-2H3/t15-/m1/s1. The molecule has 0 bridgehead atoms. The number of para-hydroxylation sites is 2. The number of hydrogen-bond acceptors (Lipinski definition) is 5. The molecule has 0 radical (unpaired) electrons. The fourth-order valence-corrected chi connectivity index (χ4v) is 3.98. The monoisotopic (exact) mass is 377 g/mol. The fraction of sp³-hybridized carbons (Fsp3) is 0.222. The minimum Gasteiger partial charge on any atom is -0.493 e. The Bertz CT molecular complexity index is 826. The van der Waals surface area contributed by atoms with Gasteiger partial charge in [0.15, 0.2) is 11.5 Å². The highest BCUT2D eigenvalue weighted by Crippen LogP contribution is 2.39. The van der Waals surface area contributed by atoms with Gasteiger partial charge in [-0.3, -0.25) is 9.59 Å². The molecule has 130 valence electrons. The maximum atomic E-state index is 12.8. The van der Waals surface area contributed by atoms with Gasteiger partial charge in [0.25, 0.3) is 5.24 Å². The van der Waals surface area contributed by atoms with E-state index in [-0.39, 0.29) is 11.1 Å². The van der Waals surface area contributed by atoms with Crippen molar-refractivity contribution >= 4 is 40.2 Å². The number of thioether (sulfide) groups is 1. The highest BCUT2D eigenvalue weighted by molar-refractivity contribution is 8.15. The zero-order valence-corrected chi connectivity index (χ0v) is 15.3. The van der Waals surface area contributed by atoms with Crippen LogP contribution >= 0.6 is 23.4 Å². The minimum atomic E-state index is -0.537. The Balaban J connectivity index is 1.88. The summed E-state index contributed by atoms with van der Waals surface area (Å²) in [5, 5.41) is -0.501. The number of hydrogen-bond donors (Lipinski definition) is 0. The maximum Gasteiger partial charge on any atom is 0.293 e. The van der Waals surface area contributed by atoms with E-state index in [0.717, 1.165) is 22.2 Å². The molecule has 2 aromatic carbocycles. The van der Waals surface area contributed by atoms with Crippen molar-refractivity contribution in [2.24, 2.45) is 0 Å². The Labute approximate surface area is 154 Å². The average Bonchev–Trinajstić information content (AvgIpc) is 2.89. The molecule has 1 aliphatic rings. The molecule has 0 aliphatic carbocycles. The van der Waals surface area contributed by atoms with E-state index in [1.807, 2.05) is 12.1 Å². The van der Waals surface area contributed by atoms with Crippen LogP contribution in [-0.2, 0) is 11.2 Å². The second kappa shape index (κ2) is 7.37. The highest BCUT2D eigenvalue weighted by Gasteiger charge is 2.41. The third kappa shape index (κ3) is 3.32. The van der Waals surface area contributed by atoms with Crippen molar-refractivity contribution in [1.82, 2.24) is 0 Å². The zero-order valence-electron chi connectivity index (χ0n) is 13.7. The first kappa shape index (κ1) is 17.6. The average molecular weight is 378 g/mol. The van der Waals surface area contributed by atoms with Crippen LogP contribution in [0.5, 0.6) is 11.5 Å². The maximum absolute atomic E-state index is 12.8. The van der Waals surface area contributed by atoms with Gasteiger partial charge in [0, 0.05) is 0 Å². The van der Waals surface area contributed by atoms with Crippen LogP contribution in [0.1, 0.15) is 5.56 Å². The van der Waals surface area contributed by atoms with Crippen LogP contribution in [0.3, 0.4) is 0 Å². The third-order valence-electron chi connectivity index (χ3n) is 3.90. The van der Waals surface area contributed by atoms with Crippen LogP contribution in [0, 0.1) is 0 Å². The number of anilines is 1. The van der Waals surface area contributed by atoms with Gasteiger partial charge >= 0.3 is 0 Å². The Morgan fingerprint density at radius 1 is 1.08 bits per heavy atom. The lowest BCUT2D eigenvalue weighted by molar-refractivity contribution is -0.117. The SMILES string of the molecule is COc1cccc(C[C@H]2SC(=O)N(c3ccccc3Cl)C2=O)c1OC. The van der Waals surface area contributed by atoms with Crippen LogP contribution in [0.4, 0.5) is 10.5 Å². The van der Waals surface area contributed by atoms with Crippen molar-refractivity contribution in [2.75, 3.05) is 19.1 Å². The number of benzene rings is 2. The van der Waals surface area contributed by atoms with Crippen molar-refractivity contribution in [1.29, 1.82) is 0 Å². The first-order valence-electron chi connectivity index (χ1n) is 7.55. The summed E-state index contributed by atoms with van der Waals surface area (Å²) in [6.45, 7) is 0. The van der Waals surface area contributed by atoms with Crippen molar-refractivity contribution in [2.45, 2.75) is 11.7 Å². The van der Waals surface area contributed by atoms with Gasteiger partial charge in [0.2, 0.25) is 5.91 Å². The molecule has 1 aliphatic heterocycles. The van der Waals surface area contributed by atoms with Crippen LogP contribution in [-0.4, -0.2) is 30.6 Å². The van der Waals surface area contributed by atoms with Gasteiger partial charge in [0.1, 0.15) is 0 Å². The van der Waals surface area contributed by atoms with Gasteiger partial charge < -0.3 is 9.47 Å². The molecule has 0 saturated carbocycles. The molecule has 0 N–H and O–H groups in total. The summed E-state index contributed by atoms with van der Waals surface area (Å²) in [4.78, 5) is 26.3. The van der Waals surface area contributed by atoms with Gasteiger partial charge in [0.05, 0.1) is 30.2 Å². The van der Waals surface area contributed by atoms with Gasteiger partial charge in [-0.05, 0) is 30.2 Å². The van der Waals surface area contributed by atoms with Gasteiger partial charge in [-0.1, -0.05) is 47.6 Å². The lowest BCUT2D eigenvalue weighted by atomic mass is 10.1. The van der Waals surface area contributed by atoms with Gasteiger partial charge in [-0.2, -0.15) is 0 Å². The van der Waals surface area contributed by atoms with E-state index in [4.69, 9.17) is 21.1 Å². The van der Waals surface area contributed by atoms with Crippen LogP contribution < -0.4 is 14.4 Å². The van der Waals surface area contributed by atoms with E-state index in [0.29, 0.717) is 28.6 Å². The molecule has 25 heavy (non-hydrogen) atoms. The molecule has 0 unspecified atom stereocenters. The predicted molar refractivity (Wildman–Crippen MR) is 99.0 cm³/mol. The second-order valence-electron chi connectivity index (χ2n) is 5.35. The van der Waals surface area contributed by atoms with Gasteiger partial charge in [-0.15, -0.1) is 0 Å². The number of methoxy groups -OCH3 is 2. The molecule has 1 fully saturated rings. The smallest absolute Gasteiger partial charge is 0.293 e. The predicted octanol–water partition coefficient (Wildman–Crippen LogP) is 4.17. The number of imide groups is 1. The van der Waals surface area contributed by atoms with Crippen LogP contribution in [0.2, 0.25) is 5.02 Å². The van der Waals surface area contributed by atoms with Crippen LogP contribution in [0.25, 0.3) is 0 Å². The topological polar surface area (TPSA) is 55.8 Å². The second-order valence-corrected chi connectivity index (χ2v) is 6.92. The van der Waals surface area contributed by atoms with E-state index in [1.165, 1.54) is 0 Å². The summed E-state index contributed by atoms with van der Waals surface area (Å²) in [6, 6.07) is 12.3. The van der Waals surface area contributed by atoms with Crippen LogP contribution in [0.15, 0.2) is 42.5 Å². The molecule has 2 amide bonds. The summed E-state index contributed by atoms with van der Waals surface area (Å²) in [5.41, 5.74) is 1.22. The third-order valence-corrected chi connectivity index (χ3v) is 5.26. The molecule has 0 aromatic heterocycles. The van der Waals surface area contributed by atoms with Crippen molar-refractivity contribution < 1.29 is 19.1 Å². The molecule has 1 atom stereocenters. The van der Waals surface area contributed by atoms with Crippen molar-refractivity contribution in [3.8, 4) is 11.5 Å². The lowest BCUT2D eigenvalue weighted by Gasteiger charge is -2.16. The number of halogens is 1. The summed E-state index contributed by atoms with van der Waals surface area (Å²) < 4.78 is 10.7. The molecular formula is C18H16ClNO4S. The molecule has 5 nitrogen and oxygen atoms in total. The number of ether oxygens (including phenoxy) is 2. The number of rotatable bonds is 5. The van der Waals surface area contributed by atoms with E-state index >= 15 is 0 Å². The summed E-state index contributed by atoms with van der Waals surface area (Å²) in [6.07, 6.45) is 0.358. The Morgan fingerprint density at radius 3 is 2.52 bits per heavy atom. The number of amides is 2. The molecular weight excluding hydrogens is 362 g/mol. The largest absolute Gasteiger partial charge is 0.493 e. The number of nitrogens with zero attached hydrogens (tertiary/aromatic N) is 1. The highest BCUT2D eigenvalue weighted by atomic mass is 35.5. The first-order chi connectivity index (χ1) is 12.1. The summed E-state index contributed by atoms with van der Waals surface area (Å²) >= 11 is 7.13. The summed E-state index contributed by atoms with van der Waals surface area (Å²) in [7, 11) is 3.10. The first-order valence-corrected chi connectivity index (χ1v) is 8.81. The molecule has 1 saturated heterocycles. The number of carbonyl (C=O) groups is 2. The number of carbonyl (C=O) groups excluding carboxylic acids is 2. The normalized spacial score (nSPS) is 17.1. The zero-order chi connectivity index (χ0) is 18.0. The molecule has 0 spiro atoms. The van der Waals surface area contributed by atoms with E-state index < -0.39 is 5.25 Å². The summed E-state index contributed by atoms with van der Waals surface area (Å²) in [5.74, 6) is 0.875. The van der Waals surface area contributed by atoms with Gasteiger partial charge in [-0.25, -0.2) is 4.90 Å². The van der Waals surface area contributed by atoms with Crippen molar-refractivity contribution in [3.63, 3.8) is 0 Å². The van der Waals surface area contributed by atoms with E-state index in [9.17, 15) is 9.59 Å².